The third-order valence-electron chi connectivity index (χ3n) is 2.83. The molecule has 0 aliphatic heterocycles. The number of hydrogen-bond donors (Lipinski definition) is 2. The third kappa shape index (κ3) is 7.37. The Hall–Kier alpha value is -0.570. The first-order chi connectivity index (χ1) is 7.04. The Morgan fingerprint density at radius 1 is 1.13 bits per heavy atom. The average molecular weight is 215 g/mol. The van der Waals surface area contributed by atoms with Gasteiger partial charge >= 0.3 is 0 Å². The van der Waals surface area contributed by atoms with Gasteiger partial charge < -0.3 is 10.8 Å². The standard InChI is InChI=1S/C12H25NO2/c1-3-5-8-12(15,9-6-4-2)10-7-11(13)14/h15H,3-10H2,1-2H3,(H2,13,14). The Bertz CT molecular complexity index is 172. The first-order valence-corrected chi connectivity index (χ1v) is 6.04. The summed E-state index contributed by atoms with van der Waals surface area (Å²) in [6, 6.07) is 0. The number of unbranched alkanes of at least 4 members (excludes halogenated alkanes) is 2. The molecule has 0 aromatic carbocycles. The summed E-state index contributed by atoms with van der Waals surface area (Å²) >= 11 is 0. The van der Waals surface area contributed by atoms with Crippen molar-refractivity contribution in [3.05, 3.63) is 0 Å². The molecule has 0 saturated carbocycles. The highest BCUT2D eigenvalue weighted by molar-refractivity contribution is 5.73. The number of carbonyl (C=O) groups excluding carboxylic acids is 1. The molecular weight excluding hydrogens is 190 g/mol. The molecule has 0 aromatic heterocycles. The largest absolute Gasteiger partial charge is 0.390 e. The van der Waals surface area contributed by atoms with E-state index in [4.69, 9.17) is 5.73 Å². The van der Waals surface area contributed by atoms with Gasteiger partial charge in [0.25, 0.3) is 0 Å². The van der Waals surface area contributed by atoms with Crippen LogP contribution in [0.1, 0.15) is 65.2 Å². The minimum atomic E-state index is -0.666. The van der Waals surface area contributed by atoms with Crippen LogP contribution in [0.2, 0.25) is 0 Å². The summed E-state index contributed by atoms with van der Waals surface area (Å²) < 4.78 is 0. The molecule has 0 unspecified atom stereocenters. The van der Waals surface area contributed by atoms with Gasteiger partial charge in [-0.2, -0.15) is 0 Å². The topological polar surface area (TPSA) is 63.3 Å². The van der Waals surface area contributed by atoms with E-state index in [-0.39, 0.29) is 5.91 Å². The molecular formula is C12H25NO2. The summed E-state index contributed by atoms with van der Waals surface area (Å²) in [4.78, 5) is 10.7. The van der Waals surface area contributed by atoms with Gasteiger partial charge in [0, 0.05) is 6.42 Å². The van der Waals surface area contributed by atoms with E-state index in [0.717, 1.165) is 38.5 Å². The van der Waals surface area contributed by atoms with Crippen molar-refractivity contribution >= 4 is 5.91 Å². The van der Waals surface area contributed by atoms with E-state index in [1.165, 1.54) is 0 Å². The van der Waals surface area contributed by atoms with Crippen molar-refractivity contribution in [1.82, 2.24) is 0 Å². The van der Waals surface area contributed by atoms with Gasteiger partial charge in [0.15, 0.2) is 0 Å². The van der Waals surface area contributed by atoms with Crippen LogP contribution < -0.4 is 5.73 Å². The van der Waals surface area contributed by atoms with Crippen LogP contribution in [0, 0.1) is 0 Å². The van der Waals surface area contributed by atoms with Crippen molar-refractivity contribution in [1.29, 1.82) is 0 Å². The number of nitrogens with two attached hydrogens (primary N) is 1. The van der Waals surface area contributed by atoms with Crippen LogP contribution in [0.4, 0.5) is 0 Å². The van der Waals surface area contributed by atoms with Crippen molar-refractivity contribution in [2.45, 2.75) is 70.8 Å². The van der Waals surface area contributed by atoms with Crippen LogP contribution in [0.5, 0.6) is 0 Å². The van der Waals surface area contributed by atoms with Gasteiger partial charge in [-0.15, -0.1) is 0 Å². The summed E-state index contributed by atoms with van der Waals surface area (Å²) in [7, 11) is 0. The Labute approximate surface area is 93.0 Å². The van der Waals surface area contributed by atoms with Gasteiger partial charge in [0.1, 0.15) is 0 Å². The number of hydrogen-bond acceptors (Lipinski definition) is 2. The van der Waals surface area contributed by atoms with Gasteiger partial charge in [-0.05, 0) is 19.3 Å². The third-order valence-corrected chi connectivity index (χ3v) is 2.83. The van der Waals surface area contributed by atoms with Gasteiger partial charge in [-0.1, -0.05) is 39.5 Å². The highest BCUT2D eigenvalue weighted by Crippen LogP contribution is 2.26. The molecule has 0 saturated heterocycles. The van der Waals surface area contributed by atoms with Crippen LogP contribution in [0.15, 0.2) is 0 Å². The highest BCUT2D eigenvalue weighted by atomic mass is 16.3. The normalized spacial score (nSPS) is 11.7. The lowest BCUT2D eigenvalue weighted by atomic mass is 9.86. The van der Waals surface area contributed by atoms with Gasteiger partial charge in [-0.3, -0.25) is 4.79 Å². The second-order valence-electron chi connectivity index (χ2n) is 4.40. The maximum Gasteiger partial charge on any atom is 0.217 e. The minimum Gasteiger partial charge on any atom is -0.390 e. The Morgan fingerprint density at radius 2 is 1.60 bits per heavy atom. The lowest BCUT2D eigenvalue weighted by Gasteiger charge is -2.27. The van der Waals surface area contributed by atoms with E-state index in [9.17, 15) is 9.90 Å². The molecule has 0 aliphatic carbocycles. The first-order valence-electron chi connectivity index (χ1n) is 6.04. The molecule has 3 heteroatoms. The SMILES string of the molecule is CCCCC(O)(CCCC)CCC(N)=O. The first kappa shape index (κ1) is 14.4. The molecule has 0 fully saturated rings. The zero-order valence-corrected chi connectivity index (χ0v) is 10.1. The molecule has 1 amide bonds. The molecule has 90 valence electrons. The number of carbonyl (C=O) groups is 1. The quantitative estimate of drug-likeness (QED) is 0.620. The van der Waals surface area contributed by atoms with Crippen LogP contribution in [-0.4, -0.2) is 16.6 Å². The predicted octanol–water partition coefficient (Wildman–Crippen LogP) is 2.36. The Balaban J connectivity index is 4.06. The van der Waals surface area contributed by atoms with Gasteiger partial charge in [0.05, 0.1) is 5.60 Å². The zero-order chi connectivity index (χ0) is 11.7. The summed E-state index contributed by atoms with van der Waals surface area (Å²) in [6.45, 7) is 4.21. The lowest BCUT2D eigenvalue weighted by molar-refractivity contribution is -0.119. The molecule has 0 heterocycles. The average Bonchev–Trinajstić information content (AvgIpc) is 2.21. The van der Waals surface area contributed by atoms with Crippen molar-refractivity contribution in [3.63, 3.8) is 0 Å². The molecule has 3 nitrogen and oxygen atoms in total. The van der Waals surface area contributed by atoms with E-state index >= 15 is 0 Å². The van der Waals surface area contributed by atoms with Crippen molar-refractivity contribution in [3.8, 4) is 0 Å². The molecule has 0 aliphatic rings. The molecule has 0 rings (SSSR count). The highest BCUT2D eigenvalue weighted by Gasteiger charge is 2.25. The second-order valence-corrected chi connectivity index (χ2v) is 4.40. The van der Waals surface area contributed by atoms with E-state index in [0.29, 0.717) is 12.8 Å². The summed E-state index contributed by atoms with van der Waals surface area (Å²) in [5.74, 6) is -0.318. The Morgan fingerprint density at radius 3 is 1.93 bits per heavy atom. The zero-order valence-electron chi connectivity index (χ0n) is 10.1. The maximum atomic E-state index is 10.7. The maximum absolute atomic E-state index is 10.7. The van der Waals surface area contributed by atoms with Crippen molar-refractivity contribution < 1.29 is 9.90 Å². The number of aliphatic hydroxyl groups is 1. The van der Waals surface area contributed by atoms with Crippen LogP contribution in [0.3, 0.4) is 0 Å². The number of rotatable bonds is 9. The number of amides is 1. The van der Waals surface area contributed by atoms with Gasteiger partial charge in [0.2, 0.25) is 5.91 Å². The van der Waals surface area contributed by atoms with E-state index < -0.39 is 5.60 Å². The van der Waals surface area contributed by atoms with E-state index in [1.54, 1.807) is 0 Å². The van der Waals surface area contributed by atoms with E-state index in [2.05, 4.69) is 13.8 Å². The molecule has 3 N–H and O–H groups in total. The number of primary amides is 1. The monoisotopic (exact) mass is 215 g/mol. The fourth-order valence-electron chi connectivity index (χ4n) is 1.74. The van der Waals surface area contributed by atoms with Crippen LogP contribution in [0.25, 0.3) is 0 Å². The van der Waals surface area contributed by atoms with Crippen molar-refractivity contribution in [2.75, 3.05) is 0 Å². The van der Waals surface area contributed by atoms with Crippen LogP contribution in [-0.2, 0) is 4.79 Å². The Kier molecular flexibility index (Phi) is 7.39. The fraction of sp³-hybridized carbons (Fsp3) is 0.917. The lowest BCUT2D eigenvalue weighted by Crippen LogP contribution is -2.30. The molecule has 15 heavy (non-hydrogen) atoms. The van der Waals surface area contributed by atoms with Gasteiger partial charge in [-0.25, -0.2) is 0 Å². The van der Waals surface area contributed by atoms with Crippen LogP contribution >= 0.6 is 0 Å². The summed E-state index contributed by atoms with van der Waals surface area (Å²) in [6.07, 6.45) is 6.56. The predicted molar refractivity (Wildman–Crippen MR) is 62.4 cm³/mol. The van der Waals surface area contributed by atoms with Crippen molar-refractivity contribution in [2.24, 2.45) is 5.73 Å². The second kappa shape index (κ2) is 7.69. The molecule has 0 aromatic rings. The molecule has 0 bridgehead atoms. The molecule has 0 spiro atoms. The van der Waals surface area contributed by atoms with E-state index in [1.807, 2.05) is 0 Å². The summed E-state index contributed by atoms with van der Waals surface area (Å²) in [5, 5.41) is 10.3. The summed E-state index contributed by atoms with van der Waals surface area (Å²) in [5.41, 5.74) is 4.44. The smallest absolute Gasteiger partial charge is 0.217 e. The minimum absolute atomic E-state index is 0.296. The fourth-order valence-corrected chi connectivity index (χ4v) is 1.74. The molecule has 0 radical (unpaired) electrons. The molecule has 0 atom stereocenters.